The molecule has 0 aliphatic rings. The van der Waals surface area contributed by atoms with E-state index < -0.39 is 0 Å². The Morgan fingerprint density at radius 1 is 1.32 bits per heavy atom. The maximum absolute atomic E-state index is 11.9. The van der Waals surface area contributed by atoms with Crippen molar-refractivity contribution >= 4 is 5.69 Å². The van der Waals surface area contributed by atoms with Crippen molar-refractivity contribution in [3.63, 3.8) is 0 Å². The molecule has 0 amide bonds. The molecule has 0 unspecified atom stereocenters. The van der Waals surface area contributed by atoms with Crippen LogP contribution < -0.4 is 16.2 Å². The largest absolute Gasteiger partial charge is 0.382 e. The molecular weight excluding hydrogens is 242 g/mol. The van der Waals surface area contributed by atoms with Crippen LogP contribution in [-0.2, 0) is 6.54 Å². The molecule has 0 saturated carbocycles. The van der Waals surface area contributed by atoms with Gasteiger partial charge < -0.3 is 10.6 Å². The van der Waals surface area contributed by atoms with Crippen LogP contribution in [0.15, 0.2) is 41.5 Å². The molecular formula is C13H17N5O. The second-order valence-corrected chi connectivity index (χ2v) is 4.09. The lowest BCUT2D eigenvalue weighted by molar-refractivity contribution is 0.628. The van der Waals surface area contributed by atoms with Crippen LogP contribution in [0.1, 0.15) is 5.69 Å². The second kappa shape index (κ2) is 6.65. The highest BCUT2D eigenvalue weighted by Gasteiger charge is 2.01. The van der Waals surface area contributed by atoms with E-state index >= 15 is 0 Å². The van der Waals surface area contributed by atoms with Crippen molar-refractivity contribution < 1.29 is 0 Å². The van der Waals surface area contributed by atoms with Gasteiger partial charge in [-0.1, -0.05) is 6.07 Å². The van der Waals surface area contributed by atoms with Gasteiger partial charge in [0.2, 0.25) is 0 Å². The number of aromatic nitrogens is 3. The van der Waals surface area contributed by atoms with E-state index in [0.29, 0.717) is 6.54 Å². The van der Waals surface area contributed by atoms with Crippen LogP contribution in [0.5, 0.6) is 0 Å². The summed E-state index contributed by atoms with van der Waals surface area (Å²) in [4.78, 5) is 16.1. The first-order chi connectivity index (χ1) is 9.29. The molecule has 0 aliphatic heterocycles. The van der Waals surface area contributed by atoms with Crippen molar-refractivity contribution in [3.8, 4) is 0 Å². The number of hydrogen-bond acceptors (Lipinski definition) is 5. The van der Waals surface area contributed by atoms with E-state index in [-0.39, 0.29) is 5.56 Å². The number of likely N-dealkylation sites (N-methyl/N-ethyl adjacent to an activating group) is 1. The number of anilines is 1. The highest BCUT2D eigenvalue weighted by atomic mass is 16.1. The molecule has 0 bridgehead atoms. The fraction of sp³-hybridized carbons (Fsp3) is 0.308. The Morgan fingerprint density at radius 2 is 2.21 bits per heavy atom. The van der Waals surface area contributed by atoms with Crippen LogP contribution in [0.25, 0.3) is 0 Å². The third-order valence-corrected chi connectivity index (χ3v) is 2.61. The quantitative estimate of drug-likeness (QED) is 0.731. The summed E-state index contributed by atoms with van der Waals surface area (Å²) in [5, 5.41) is 10.3. The summed E-state index contributed by atoms with van der Waals surface area (Å²) in [6.07, 6.45) is 3.36. The molecule has 2 aromatic rings. The summed E-state index contributed by atoms with van der Waals surface area (Å²) in [7, 11) is 1.88. The number of hydrogen-bond donors (Lipinski definition) is 2. The van der Waals surface area contributed by atoms with E-state index in [1.165, 1.54) is 4.68 Å². The van der Waals surface area contributed by atoms with Crippen LogP contribution in [-0.4, -0.2) is 34.9 Å². The second-order valence-electron chi connectivity index (χ2n) is 4.09. The van der Waals surface area contributed by atoms with E-state index in [1.54, 1.807) is 18.5 Å². The summed E-state index contributed by atoms with van der Waals surface area (Å²) in [5.74, 6) is 0. The molecule has 0 radical (unpaired) electrons. The zero-order valence-electron chi connectivity index (χ0n) is 10.8. The summed E-state index contributed by atoms with van der Waals surface area (Å²) in [6, 6.07) is 7.15. The predicted molar refractivity (Wildman–Crippen MR) is 74.3 cm³/mol. The minimum Gasteiger partial charge on any atom is -0.382 e. The minimum atomic E-state index is -0.139. The van der Waals surface area contributed by atoms with Gasteiger partial charge in [0.05, 0.1) is 24.1 Å². The van der Waals surface area contributed by atoms with Crippen molar-refractivity contribution in [2.75, 3.05) is 25.5 Å². The molecule has 2 heterocycles. The van der Waals surface area contributed by atoms with Gasteiger partial charge in [-0.25, -0.2) is 4.68 Å². The molecule has 19 heavy (non-hydrogen) atoms. The summed E-state index contributed by atoms with van der Waals surface area (Å²) >= 11 is 0. The molecule has 2 N–H and O–H groups in total. The average molecular weight is 259 g/mol. The monoisotopic (exact) mass is 259 g/mol. The van der Waals surface area contributed by atoms with Gasteiger partial charge in [0.1, 0.15) is 0 Å². The number of nitrogens with one attached hydrogen (secondary N) is 2. The van der Waals surface area contributed by atoms with Gasteiger partial charge in [-0.05, 0) is 19.2 Å². The van der Waals surface area contributed by atoms with E-state index in [0.717, 1.165) is 24.5 Å². The van der Waals surface area contributed by atoms with Crippen molar-refractivity contribution in [1.82, 2.24) is 20.1 Å². The zero-order chi connectivity index (χ0) is 13.5. The van der Waals surface area contributed by atoms with Crippen molar-refractivity contribution in [1.29, 1.82) is 0 Å². The number of rotatable bonds is 6. The predicted octanol–water partition coefficient (Wildman–Crippen LogP) is 0.318. The Balaban J connectivity index is 2.05. The molecule has 0 spiro atoms. The van der Waals surface area contributed by atoms with Gasteiger partial charge in [-0.15, -0.1) is 0 Å². The normalized spacial score (nSPS) is 10.4. The fourth-order valence-electron chi connectivity index (χ4n) is 1.63. The molecule has 100 valence electrons. The molecule has 2 rings (SSSR count). The lowest BCUT2D eigenvalue weighted by Gasteiger charge is -2.07. The van der Waals surface area contributed by atoms with Crippen molar-refractivity contribution in [3.05, 3.63) is 52.7 Å². The third kappa shape index (κ3) is 3.89. The first kappa shape index (κ1) is 13.2. The Hall–Kier alpha value is -2.21. The molecule has 0 saturated heterocycles. The van der Waals surface area contributed by atoms with Crippen molar-refractivity contribution in [2.45, 2.75) is 6.54 Å². The van der Waals surface area contributed by atoms with Crippen LogP contribution in [0.3, 0.4) is 0 Å². The first-order valence-corrected chi connectivity index (χ1v) is 6.15. The van der Waals surface area contributed by atoms with Crippen LogP contribution in [0.4, 0.5) is 5.69 Å². The SMILES string of the molecule is CNCCNc1cnn(Cc2ccccn2)c(=O)c1. The summed E-state index contributed by atoms with van der Waals surface area (Å²) in [6.45, 7) is 1.97. The smallest absolute Gasteiger partial charge is 0.269 e. The Kier molecular flexibility index (Phi) is 4.63. The van der Waals surface area contributed by atoms with Crippen LogP contribution in [0.2, 0.25) is 0 Å². The summed E-state index contributed by atoms with van der Waals surface area (Å²) < 4.78 is 1.39. The van der Waals surface area contributed by atoms with Crippen LogP contribution in [0, 0.1) is 0 Å². The molecule has 0 atom stereocenters. The van der Waals surface area contributed by atoms with E-state index in [1.807, 2.05) is 25.2 Å². The molecule has 6 heteroatoms. The van der Waals surface area contributed by atoms with Crippen LogP contribution >= 0.6 is 0 Å². The molecule has 2 aromatic heterocycles. The van der Waals surface area contributed by atoms with Gasteiger partial charge in [-0.3, -0.25) is 9.78 Å². The lowest BCUT2D eigenvalue weighted by atomic mass is 10.3. The standard InChI is InChI=1S/C13H17N5O/c1-14-6-7-16-12-8-13(19)18(17-9-12)10-11-4-2-3-5-15-11/h2-5,8-9,14,16H,6-7,10H2,1H3. The Morgan fingerprint density at radius 3 is 2.89 bits per heavy atom. The maximum Gasteiger partial charge on any atom is 0.269 e. The third-order valence-electron chi connectivity index (χ3n) is 2.61. The molecule has 0 fully saturated rings. The molecule has 0 aromatic carbocycles. The van der Waals surface area contributed by atoms with Crippen molar-refractivity contribution in [2.24, 2.45) is 0 Å². The first-order valence-electron chi connectivity index (χ1n) is 6.15. The Bertz CT molecular complexity index is 567. The average Bonchev–Trinajstić information content (AvgIpc) is 2.43. The fourth-order valence-corrected chi connectivity index (χ4v) is 1.63. The Labute approximate surface area is 111 Å². The summed E-state index contributed by atoms with van der Waals surface area (Å²) in [5.41, 5.74) is 1.41. The zero-order valence-corrected chi connectivity index (χ0v) is 10.8. The van der Waals surface area contributed by atoms with Gasteiger partial charge in [0.15, 0.2) is 0 Å². The van der Waals surface area contributed by atoms with E-state index in [4.69, 9.17) is 0 Å². The van der Waals surface area contributed by atoms with Gasteiger partial charge in [0.25, 0.3) is 5.56 Å². The van der Waals surface area contributed by atoms with Gasteiger partial charge in [-0.2, -0.15) is 5.10 Å². The number of pyridine rings is 1. The lowest BCUT2D eigenvalue weighted by Crippen LogP contribution is -2.24. The highest BCUT2D eigenvalue weighted by Crippen LogP contribution is 2.00. The van der Waals surface area contributed by atoms with Gasteiger partial charge in [0, 0.05) is 25.4 Å². The minimum absolute atomic E-state index is 0.139. The molecule has 6 nitrogen and oxygen atoms in total. The molecule has 0 aliphatic carbocycles. The van der Waals surface area contributed by atoms with E-state index in [9.17, 15) is 4.79 Å². The highest BCUT2D eigenvalue weighted by molar-refractivity contribution is 5.38. The maximum atomic E-state index is 11.9. The van der Waals surface area contributed by atoms with Gasteiger partial charge >= 0.3 is 0 Å². The topological polar surface area (TPSA) is 71.8 Å². The number of nitrogens with zero attached hydrogens (tertiary/aromatic N) is 3. The van der Waals surface area contributed by atoms with E-state index in [2.05, 4.69) is 20.7 Å².